The zero-order valence-electron chi connectivity index (χ0n) is 11.9. The number of hydrogen-bond acceptors (Lipinski definition) is 3. The standard InChI is InChI=1S/C17H17NO3/c1-21-13-8-6-12(7-9-13)18-16(19)14-10-2-3-11(5-4-10)15(14)17(18)20/h2-3,6-11,14-15H,4-5H2,1H3/t10-,11-,14-,15-/m0/s1. The number of fused-ring (bicyclic) bond motifs is 1. The lowest BCUT2D eigenvalue weighted by Gasteiger charge is -2.38. The molecule has 1 aromatic carbocycles. The van der Waals surface area contributed by atoms with E-state index in [9.17, 15) is 9.59 Å². The van der Waals surface area contributed by atoms with Crippen molar-refractivity contribution in [2.45, 2.75) is 12.8 Å². The molecular weight excluding hydrogens is 266 g/mol. The number of amides is 2. The van der Waals surface area contributed by atoms with E-state index in [4.69, 9.17) is 4.74 Å². The molecular formula is C17H17NO3. The zero-order valence-corrected chi connectivity index (χ0v) is 11.9. The van der Waals surface area contributed by atoms with E-state index in [0.717, 1.165) is 18.6 Å². The van der Waals surface area contributed by atoms with Crippen molar-refractivity contribution in [3.05, 3.63) is 36.4 Å². The van der Waals surface area contributed by atoms with E-state index in [2.05, 4.69) is 12.2 Å². The van der Waals surface area contributed by atoms with Gasteiger partial charge in [-0.25, -0.2) is 0 Å². The molecule has 2 bridgehead atoms. The first kappa shape index (κ1) is 12.6. The Balaban J connectivity index is 1.71. The molecule has 5 rings (SSSR count). The minimum Gasteiger partial charge on any atom is -0.497 e. The van der Waals surface area contributed by atoms with Gasteiger partial charge in [0, 0.05) is 0 Å². The Morgan fingerprint density at radius 1 is 0.952 bits per heavy atom. The molecule has 0 N–H and O–H groups in total. The number of carbonyl (C=O) groups is 2. The van der Waals surface area contributed by atoms with Crippen LogP contribution in [0, 0.1) is 23.7 Å². The summed E-state index contributed by atoms with van der Waals surface area (Å²) < 4.78 is 5.13. The first-order chi connectivity index (χ1) is 10.2. The predicted molar refractivity (Wildman–Crippen MR) is 77.8 cm³/mol. The fourth-order valence-electron chi connectivity index (χ4n) is 4.06. The third kappa shape index (κ3) is 1.68. The van der Waals surface area contributed by atoms with E-state index < -0.39 is 0 Å². The van der Waals surface area contributed by atoms with Gasteiger partial charge in [0.2, 0.25) is 11.8 Å². The highest BCUT2D eigenvalue weighted by Gasteiger charge is 2.56. The summed E-state index contributed by atoms with van der Waals surface area (Å²) in [6.07, 6.45) is 6.33. The lowest BCUT2D eigenvalue weighted by molar-refractivity contribution is -0.124. The molecule has 0 aromatic heterocycles. The molecule has 108 valence electrons. The van der Waals surface area contributed by atoms with Crippen molar-refractivity contribution >= 4 is 17.5 Å². The van der Waals surface area contributed by atoms with Crippen LogP contribution in [0.3, 0.4) is 0 Å². The minimum atomic E-state index is -0.150. The van der Waals surface area contributed by atoms with Gasteiger partial charge in [0.25, 0.3) is 0 Å². The molecule has 4 heteroatoms. The molecule has 0 radical (unpaired) electrons. The molecule has 4 aliphatic rings. The number of anilines is 1. The Hall–Kier alpha value is -2.10. The van der Waals surface area contributed by atoms with Crippen LogP contribution >= 0.6 is 0 Å². The van der Waals surface area contributed by atoms with Crippen molar-refractivity contribution in [2.24, 2.45) is 23.7 Å². The smallest absolute Gasteiger partial charge is 0.238 e. The molecule has 3 aliphatic carbocycles. The van der Waals surface area contributed by atoms with Crippen LogP contribution in [0.2, 0.25) is 0 Å². The topological polar surface area (TPSA) is 46.6 Å². The van der Waals surface area contributed by atoms with E-state index >= 15 is 0 Å². The number of methoxy groups -OCH3 is 1. The zero-order chi connectivity index (χ0) is 14.6. The van der Waals surface area contributed by atoms with Crippen molar-refractivity contribution in [3.8, 4) is 5.75 Å². The maximum absolute atomic E-state index is 12.7. The van der Waals surface area contributed by atoms with Crippen LogP contribution < -0.4 is 9.64 Å². The third-order valence-corrected chi connectivity index (χ3v) is 5.09. The van der Waals surface area contributed by atoms with Crippen LogP contribution in [0.4, 0.5) is 5.69 Å². The van der Waals surface area contributed by atoms with Crippen molar-refractivity contribution < 1.29 is 14.3 Å². The van der Waals surface area contributed by atoms with E-state index in [-0.39, 0.29) is 35.5 Å². The van der Waals surface area contributed by atoms with Gasteiger partial charge in [-0.05, 0) is 48.9 Å². The fraction of sp³-hybridized carbons (Fsp3) is 0.412. The molecule has 1 saturated heterocycles. The van der Waals surface area contributed by atoms with Crippen LogP contribution in [0.25, 0.3) is 0 Å². The molecule has 1 aliphatic heterocycles. The average molecular weight is 283 g/mol. The molecule has 1 aromatic rings. The van der Waals surface area contributed by atoms with Gasteiger partial charge < -0.3 is 4.74 Å². The summed E-state index contributed by atoms with van der Waals surface area (Å²) >= 11 is 0. The Morgan fingerprint density at radius 3 is 1.90 bits per heavy atom. The lowest BCUT2D eigenvalue weighted by atomic mass is 9.63. The van der Waals surface area contributed by atoms with E-state index in [1.165, 1.54) is 4.90 Å². The summed E-state index contributed by atoms with van der Waals surface area (Å²) in [4.78, 5) is 26.9. The number of nitrogens with zero attached hydrogens (tertiary/aromatic N) is 1. The normalized spacial score (nSPS) is 33.5. The number of rotatable bonds is 2. The van der Waals surface area contributed by atoms with Gasteiger partial charge in [-0.1, -0.05) is 12.2 Å². The molecule has 4 atom stereocenters. The number of ether oxygens (including phenoxy) is 1. The monoisotopic (exact) mass is 283 g/mol. The molecule has 0 unspecified atom stereocenters. The Bertz CT molecular complexity index is 602. The number of benzene rings is 1. The molecule has 0 spiro atoms. The van der Waals surface area contributed by atoms with Gasteiger partial charge >= 0.3 is 0 Å². The van der Waals surface area contributed by atoms with Gasteiger partial charge in [0.1, 0.15) is 5.75 Å². The summed E-state index contributed by atoms with van der Waals surface area (Å²) in [5, 5.41) is 0. The molecule has 2 amide bonds. The van der Waals surface area contributed by atoms with Crippen molar-refractivity contribution in [2.75, 3.05) is 12.0 Å². The average Bonchev–Trinajstić information content (AvgIpc) is 2.82. The third-order valence-electron chi connectivity index (χ3n) is 5.09. The van der Waals surface area contributed by atoms with Crippen LogP contribution in [-0.4, -0.2) is 18.9 Å². The Labute approximate surface area is 123 Å². The minimum absolute atomic E-state index is 0.0331. The molecule has 21 heavy (non-hydrogen) atoms. The van der Waals surface area contributed by atoms with E-state index in [0.29, 0.717) is 5.69 Å². The number of allylic oxidation sites excluding steroid dienone is 2. The highest BCUT2D eigenvalue weighted by Crippen LogP contribution is 2.50. The van der Waals surface area contributed by atoms with E-state index in [1.807, 2.05) is 0 Å². The summed E-state index contributed by atoms with van der Waals surface area (Å²) in [5.74, 6) is 0.825. The molecule has 1 saturated carbocycles. The fourth-order valence-corrected chi connectivity index (χ4v) is 4.06. The first-order valence-electron chi connectivity index (χ1n) is 7.41. The second-order valence-corrected chi connectivity index (χ2v) is 6.05. The summed E-state index contributed by atoms with van der Waals surface area (Å²) in [5.41, 5.74) is 0.652. The number of imide groups is 1. The van der Waals surface area contributed by atoms with E-state index in [1.54, 1.807) is 31.4 Å². The summed E-state index contributed by atoms with van der Waals surface area (Å²) in [6.45, 7) is 0. The highest BCUT2D eigenvalue weighted by molar-refractivity contribution is 6.22. The van der Waals surface area contributed by atoms with Gasteiger partial charge in [-0.3, -0.25) is 14.5 Å². The largest absolute Gasteiger partial charge is 0.497 e. The summed E-state index contributed by atoms with van der Waals surface area (Å²) in [6, 6.07) is 7.12. The van der Waals surface area contributed by atoms with Gasteiger partial charge in [0.05, 0.1) is 24.6 Å². The predicted octanol–water partition coefficient (Wildman–Crippen LogP) is 2.40. The van der Waals surface area contributed by atoms with Crippen LogP contribution in [0.1, 0.15) is 12.8 Å². The second-order valence-electron chi connectivity index (χ2n) is 6.05. The van der Waals surface area contributed by atoms with Crippen LogP contribution in [0.15, 0.2) is 36.4 Å². The van der Waals surface area contributed by atoms with Crippen molar-refractivity contribution in [1.29, 1.82) is 0 Å². The molecule has 2 fully saturated rings. The number of carbonyl (C=O) groups excluding carboxylic acids is 2. The van der Waals surface area contributed by atoms with Crippen LogP contribution in [0.5, 0.6) is 5.75 Å². The van der Waals surface area contributed by atoms with Crippen molar-refractivity contribution in [3.63, 3.8) is 0 Å². The Morgan fingerprint density at radius 2 is 1.48 bits per heavy atom. The SMILES string of the molecule is COc1ccc(N2C(=O)[C@@H]3[C@@H](C2=O)[C@H]2C=C[C@H]3CC2)cc1. The lowest BCUT2D eigenvalue weighted by Crippen LogP contribution is -2.38. The van der Waals surface area contributed by atoms with Crippen LogP contribution in [-0.2, 0) is 9.59 Å². The second kappa shape index (κ2) is 4.45. The summed E-state index contributed by atoms with van der Waals surface area (Å²) in [7, 11) is 1.60. The quantitative estimate of drug-likeness (QED) is 0.618. The van der Waals surface area contributed by atoms with Gasteiger partial charge in [-0.2, -0.15) is 0 Å². The molecule has 4 nitrogen and oxygen atoms in total. The Kier molecular flexibility index (Phi) is 2.67. The maximum atomic E-state index is 12.7. The highest BCUT2D eigenvalue weighted by atomic mass is 16.5. The maximum Gasteiger partial charge on any atom is 0.238 e. The number of hydrogen-bond donors (Lipinski definition) is 0. The first-order valence-corrected chi connectivity index (χ1v) is 7.41. The van der Waals surface area contributed by atoms with Gasteiger partial charge in [0.15, 0.2) is 0 Å². The molecule has 1 heterocycles. The van der Waals surface area contributed by atoms with Gasteiger partial charge in [-0.15, -0.1) is 0 Å². The van der Waals surface area contributed by atoms with Crippen molar-refractivity contribution in [1.82, 2.24) is 0 Å².